The van der Waals surface area contributed by atoms with Crippen molar-refractivity contribution in [1.82, 2.24) is 19.8 Å². The van der Waals surface area contributed by atoms with Crippen molar-refractivity contribution in [3.05, 3.63) is 17.2 Å². The second-order valence-electron chi connectivity index (χ2n) is 8.75. The lowest BCUT2D eigenvalue weighted by atomic mass is 9.75. The Morgan fingerprint density at radius 3 is 2.72 bits per heavy atom. The quantitative estimate of drug-likeness (QED) is 0.834. The molecule has 1 aliphatic carbocycles. The average molecular weight is 369 g/mol. The van der Waals surface area contributed by atoms with Gasteiger partial charge in [-0.2, -0.15) is 0 Å². The number of halogens is 1. The van der Waals surface area contributed by atoms with Crippen LogP contribution in [-0.2, 0) is 11.3 Å². The van der Waals surface area contributed by atoms with Crippen molar-refractivity contribution >= 4 is 11.6 Å². The van der Waals surface area contributed by atoms with Crippen molar-refractivity contribution in [3.63, 3.8) is 0 Å². The van der Waals surface area contributed by atoms with Gasteiger partial charge in [0.1, 0.15) is 11.0 Å². The molecule has 1 N–H and O–H groups in total. The van der Waals surface area contributed by atoms with Gasteiger partial charge >= 0.3 is 0 Å². The number of nitrogens with zero attached hydrogens (tertiary/aromatic N) is 3. The van der Waals surface area contributed by atoms with Crippen LogP contribution in [0.2, 0.25) is 5.15 Å². The van der Waals surface area contributed by atoms with Crippen LogP contribution in [0.5, 0.6) is 0 Å². The molecule has 2 heterocycles. The van der Waals surface area contributed by atoms with Gasteiger partial charge in [0.2, 0.25) is 0 Å². The van der Waals surface area contributed by atoms with Crippen molar-refractivity contribution in [1.29, 1.82) is 0 Å². The summed E-state index contributed by atoms with van der Waals surface area (Å²) in [6.45, 7) is 8.34. The fourth-order valence-corrected chi connectivity index (χ4v) is 4.82. The molecule has 2 fully saturated rings. The molecule has 1 aromatic heterocycles. The minimum Gasteiger partial charge on any atom is -0.374 e. The molecule has 142 valence electrons. The fourth-order valence-electron chi connectivity index (χ4n) is 4.53. The van der Waals surface area contributed by atoms with Crippen molar-refractivity contribution in [2.75, 3.05) is 33.8 Å². The van der Waals surface area contributed by atoms with Gasteiger partial charge in [0, 0.05) is 19.1 Å². The molecule has 0 bridgehead atoms. The third kappa shape index (κ3) is 4.38. The Balaban J connectivity index is 1.64. The summed E-state index contributed by atoms with van der Waals surface area (Å²) in [5, 5.41) is 3.96. The van der Waals surface area contributed by atoms with Gasteiger partial charge in [-0.25, -0.2) is 4.98 Å². The second-order valence-corrected chi connectivity index (χ2v) is 9.14. The summed E-state index contributed by atoms with van der Waals surface area (Å²) in [5.74, 6) is 1.08. The average Bonchev–Trinajstić information content (AvgIpc) is 3.07. The zero-order valence-corrected chi connectivity index (χ0v) is 16.9. The van der Waals surface area contributed by atoms with Crippen LogP contribution < -0.4 is 5.32 Å². The Labute approximate surface area is 157 Å². The maximum atomic E-state index is 6.50. The summed E-state index contributed by atoms with van der Waals surface area (Å²) < 4.78 is 8.53. The highest BCUT2D eigenvalue weighted by Crippen LogP contribution is 2.49. The normalized spacial score (nSPS) is 29.0. The molecule has 1 saturated carbocycles. The van der Waals surface area contributed by atoms with Crippen molar-refractivity contribution < 1.29 is 4.74 Å². The van der Waals surface area contributed by atoms with Crippen LogP contribution in [0.15, 0.2) is 6.20 Å². The predicted molar refractivity (Wildman–Crippen MR) is 102 cm³/mol. The van der Waals surface area contributed by atoms with E-state index in [-0.39, 0.29) is 5.60 Å². The summed E-state index contributed by atoms with van der Waals surface area (Å²) in [6, 6.07) is 0.445. The predicted octanol–water partition coefficient (Wildman–Crippen LogP) is 3.49. The summed E-state index contributed by atoms with van der Waals surface area (Å²) >= 11 is 6.50. The van der Waals surface area contributed by atoms with Gasteiger partial charge < -0.3 is 14.6 Å². The van der Waals surface area contributed by atoms with Crippen LogP contribution in [0, 0.1) is 5.41 Å². The van der Waals surface area contributed by atoms with Crippen LogP contribution in [0.1, 0.15) is 57.8 Å². The Hall–Kier alpha value is -0.620. The maximum Gasteiger partial charge on any atom is 0.129 e. The van der Waals surface area contributed by atoms with Crippen LogP contribution in [0.4, 0.5) is 0 Å². The zero-order valence-electron chi connectivity index (χ0n) is 16.1. The van der Waals surface area contributed by atoms with E-state index in [1.807, 2.05) is 13.2 Å². The minimum absolute atomic E-state index is 0.108. The lowest BCUT2D eigenvalue weighted by Crippen LogP contribution is -2.35. The number of ether oxygens (including phenoxy) is 1. The first-order valence-electron chi connectivity index (χ1n) is 9.53. The van der Waals surface area contributed by atoms with E-state index in [9.17, 15) is 0 Å². The molecule has 1 saturated heterocycles. The molecular weight excluding hydrogens is 336 g/mol. The molecule has 1 aliphatic heterocycles. The molecule has 25 heavy (non-hydrogen) atoms. The minimum atomic E-state index is 0.108. The molecule has 0 radical (unpaired) electrons. The summed E-state index contributed by atoms with van der Waals surface area (Å²) in [7, 11) is 4.12. The Kier molecular flexibility index (Phi) is 5.78. The molecule has 1 aromatic rings. The molecule has 3 rings (SSSR count). The van der Waals surface area contributed by atoms with Gasteiger partial charge in [0.15, 0.2) is 0 Å². The van der Waals surface area contributed by atoms with Gasteiger partial charge in [-0.1, -0.05) is 25.4 Å². The van der Waals surface area contributed by atoms with Crippen molar-refractivity contribution in [2.24, 2.45) is 5.41 Å². The largest absolute Gasteiger partial charge is 0.374 e. The topological polar surface area (TPSA) is 42.3 Å². The fraction of sp³-hybridized carbons (Fsp3) is 0.842. The highest BCUT2D eigenvalue weighted by Gasteiger charge is 2.46. The highest BCUT2D eigenvalue weighted by atomic mass is 35.5. The van der Waals surface area contributed by atoms with E-state index in [4.69, 9.17) is 16.3 Å². The van der Waals surface area contributed by atoms with E-state index >= 15 is 0 Å². The number of imidazole rings is 1. The standard InChI is InChI=1S/C19H33ClN4O/c1-18(2)13-19(25-14-18)7-5-15(6-8-19)24-16(20)11-22-17(24)12-23(4)10-9-21-3/h11,15,21H,5-10,12-14H2,1-4H3/t15-,19+. The van der Waals surface area contributed by atoms with Gasteiger partial charge in [0.25, 0.3) is 0 Å². The van der Waals surface area contributed by atoms with E-state index in [2.05, 4.69) is 40.7 Å². The van der Waals surface area contributed by atoms with E-state index in [0.29, 0.717) is 11.5 Å². The van der Waals surface area contributed by atoms with E-state index in [1.165, 1.54) is 6.42 Å². The van der Waals surface area contributed by atoms with Crippen molar-refractivity contribution in [2.45, 2.75) is 64.1 Å². The Morgan fingerprint density at radius 1 is 1.40 bits per heavy atom. The van der Waals surface area contributed by atoms with Crippen LogP contribution in [0.25, 0.3) is 0 Å². The SMILES string of the molecule is CNCCN(C)Cc1ncc(Cl)n1[C@H]1CC[C@@]2(CC1)CC(C)(C)CO2. The van der Waals surface area contributed by atoms with Crippen LogP contribution in [-0.4, -0.2) is 53.8 Å². The molecule has 5 nitrogen and oxygen atoms in total. The zero-order chi connectivity index (χ0) is 18.1. The summed E-state index contributed by atoms with van der Waals surface area (Å²) in [5.41, 5.74) is 0.428. The summed E-state index contributed by atoms with van der Waals surface area (Å²) in [6.07, 6.45) is 7.50. The monoisotopic (exact) mass is 368 g/mol. The molecule has 1 spiro atoms. The number of hydrogen-bond donors (Lipinski definition) is 1. The van der Waals surface area contributed by atoms with Gasteiger partial charge in [-0.15, -0.1) is 0 Å². The first-order chi connectivity index (χ1) is 11.8. The molecule has 0 amide bonds. The second kappa shape index (κ2) is 7.55. The first-order valence-corrected chi connectivity index (χ1v) is 9.91. The smallest absolute Gasteiger partial charge is 0.129 e. The van der Waals surface area contributed by atoms with E-state index in [1.54, 1.807) is 0 Å². The Bertz CT molecular complexity index is 578. The lowest BCUT2D eigenvalue weighted by Gasteiger charge is -2.38. The van der Waals surface area contributed by atoms with Crippen LogP contribution in [0.3, 0.4) is 0 Å². The van der Waals surface area contributed by atoms with Gasteiger partial charge in [-0.05, 0) is 51.6 Å². The van der Waals surface area contributed by atoms with Gasteiger partial charge in [-0.3, -0.25) is 4.90 Å². The number of rotatable bonds is 6. The number of nitrogens with one attached hydrogen (secondary N) is 1. The lowest BCUT2D eigenvalue weighted by molar-refractivity contribution is -0.0344. The van der Waals surface area contributed by atoms with Gasteiger partial charge in [0.05, 0.1) is 24.9 Å². The molecule has 0 aromatic carbocycles. The number of hydrogen-bond acceptors (Lipinski definition) is 4. The molecule has 6 heteroatoms. The first kappa shape index (κ1) is 19.2. The Morgan fingerprint density at radius 2 is 2.12 bits per heavy atom. The highest BCUT2D eigenvalue weighted by molar-refractivity contribution is 6.29. The van der Waals surface area contributed by atoms with E-state index in [0.717, 1.165) is 62.9 Å². The molecule has 0 atom stereocenters. The molecular formula is C19H33ClN4O. The van der Waals surface area contributed by atoms with Crippen molar-refractivity contribution in [3.8, 4) is 0 Å². The maximum absolute atomic E-state index is 6.50. The molecule has 2 aliphatic rings. The van der Waals surface area contributed by atoms with Crippen LogP contribution >= 0.6 is 11.6 Å². The van der Waals surface area contributed by atoms with E-state index < -0.39 is 0 Å². The number of likely N-dealkylation sites (N-methyl/N-ethyl adjacent to an activating group) is 2. The third-order valence-corrected chi connectivity index (χ3v) is 6.06. The molecule has 0 unspecified atom stereocenters. The number of aromatic nitrogens is 2. The summed E-state index contributed by atoms with van der Waals surface area (Å²) in [4.78, 5) is 6.88. The third-order valence-electron chi connectivity index (χ3n) is 5.78.